The van der Waals surface area contributed by atoms with E-state index in [1.165, 1.54) is 4.31 Å². The van der Waals surface area contributed by atoms with Crippen molar-refractivity contribution in [1.29, 1.82) is 0 Å². The summed E-state index contributed by atoms with van der Waals surface area (Å²) in [7, 11) is -3.66. The van der Waals surface area contributed by atoms with Crippen LogP contribution in [0.4, 0.5) is 0 Å². The van der Waals surface area contributed by atoms with E-state index >= 15 is 0 Å². The van der Waals surface area contributed by atoms with Crippen LogP contribution in [0.2, 0.25) is 0 Å². The van der Waals surface area contributed by atoms with Crippen molar-refractivity contribution in [1.82, 2.24) is 9.62 Å². The zero-order valence-corrected chi connectivity index (χ0v) is 15.4. The lowest BCUT2D eigenvalue weighted by molar-refractivity contribution is -0.124. The van der Waals surface area contributed by atoms with E-state index in [0.29, 0.717) is 30.3 Å². The van der Waals surface area contributed by atoms with Gasteiger partial charge in [-0.3, -0.25) is 4.79 Å². The van der Waals surface area contributed by atoms with Crippen molar-refractivity contribution in [2.24, 2.45) is 5.92 Å². The molecule has 0 bridgehead atoms. The molecule has 24 heavy (non-hydrogen) atoms. The van der Waals surface area contributed by atoms with Gasteiger partial charge in [-0.15, -0.1) is 0 Å². The molecule has 1 amide bonds. The van der Waals surface area contributed by atoms with Crippen LogP contribution in [-0.2, 0) is 14.8 Å². The summed E-state index contributed by atoms with van der Waals surface area (Å²) >= 11 is 0. The molecule has 5 nitrogen and oxygen atoms in total. The zero-order chi connectivity index (χ0) is 17.5. The smallest absolute Gasteiger partial charge is 0.244 e. The van der Waals surface area contributed by atoms with Crippen LogP contribution in [0.3, 0.4) is 0 Å². The van der Waals surface area contributed by atoms with E-state index in [9.17, 15) is 13.2 Å². The third-order valence-electron chi connectivity index (χ3n) is 4.94. The number of carbonyl (C=O) groups excluding carboxylic acids is 1. The Labute approximate surface area is 144 Å². The fourth-order valence-corrected chi connectivity index (χ4v) is 5.74. The third-order valence-corrected chi connectivity index (χ3v) is 7.15. The van der Waals surface area contributed by atoms with Gasteiger partial charge in [-0.25, -0.2) is 8.42 Å². The van der Waals surface area contributed by atoms with Gasteiger partial charge >= 0.3 is 0 Å². The van der Waals surface area contributed by atoms with Crippen molar-refractivity contribution in [3.63, 3.8) is 0 Å². The van der Waals surface area contributed by atoms with Crippen LogP contribution >= 0.6 is 0 Å². The molecule has 6 heteroatoms. The van der Waals surface area contributed by atoms with Crippen molar-refractivity contribution in [2.75, 3.05) is 13.1 Å². The fraction of sp³-hybridized carbons (Fsp3) is 0.611. The van der Waals surface area contributed by atoms with Gasteiger partial charge in [0.05, 0.1) is 4.90 Å². The number of amides is 1. The summed E-state index contributed by atoms with van der Waals surface area (Å²) in [5, 5.41) is 2.93. The first kappa shape index (κ1) is 17.4. The average Bonchev–Trinajstić information content (AvgIpc) is 3.16. The molecule has 0 radical (unpaired) electrons. The summed E-state index contributed by atoms with van der Waals surface area (Å²) in [6.07, 6.45) is 3.65. The number of sulfonamides is 1. The van der Waals surface area contributed by atoms with Crippen LogP contribution in [0, 0.1) is 26.7 Å². The number of nitrogens with zero attached hydrogens (tertiary/aromatic N) is 1. The van der Waals surface area contributed by atoms with Crippen molar-refractivity contribution in [2.45, 2.75) is 57.4 Å². The van der Waals surface area contributed by atoms with E-state index in [0.717, 1.165) is 36.0 Å². The second kappa shape index (κ2) is 6.48. The highest BCUT2D eigenvalue weighted by Crippen LogP contribution is 2.31. The maximum atomic E-state index is 13.2. The standard InChI is InChI=1S/C18H26N2O3S/c1-12-9-13(2)17(14(3)10-12)24(22,23)20-8-4-5-16(20)18(21)19-11-15-6-7-15/h9-10,15-16H,4-8,11H2,1-3H3,(H,19,21). The lowest BCUT2D eigenvalue weighted by Gasteiger charge is -2.25. The first-order valence-electron chi connectivity index (χ1n) is 8.68. The fourth-order valence-electron chi connectivity index (χ4n) is 3.67. The van der Waals surface area contributed by atoms with E-state index in [-0.39, 0.29) is 5.91 Å². The van der Waals surface area contributed by atoms with Crippen LogP contribution in [-0.4, -0.2) is 37.8 Å². The topological polar surface area (TPSA) is 66.5 Å². The minimum atomic E-state index is -3.66. The highest BCUT2D eigenvalue weighted by Gasteiger charge is 2.40. The number of hydrogen-bond acceptors (Lipinski definition) is 3. The van der Waals surface area contributed by atoms with Crippen LogP contribution in [0.5, 0.6) is 0 Å². The number of carbonyl (C=O) groups is 1. The van der Waals surface area contributed by atoms with Gasteiger partial charge in [-0.2, -0.15) is 4.31 Å². The molecule has 0 spiro atoms. The lowest BCUT2D eigenvalue weighted by Crippen LogP contribution is -2.46. The van der Waals surface area contributed by atoms with Gasteiger partial charge in [0.1, 0.15) is 6.04 Å². The molecule has 1 atom stereocenters. The SMILES string of the molecule is Cc1cc(C)c(S(=O)(=O)N2CCCC2C(=O)NCC2CC2)c(C)c1. The molecule has 1 aromatic carbocycles. The van der Waals surface area contributed by atoms with E-state index < -0.39 is 16.1 Å². The number of nitrogens with one attached hydrogen (secondary N) is 1. The molecule has 1 aliphatic heterocycles. The van der Waals surface area contributed by atoms with Gasteiger partial charge in [0.25, 0.3) is 0 Å². The maximum Gasteiger partial charge on any atom is 0.244 e. The van der Waals surface area contributed by atoms with E-state index in [4.69, 9.17) is 0 Å². The molecule has 2 aliphatic rings. The van der Waals surface area contributed by atoms with Gasteiger partial charge < -0.3 is 5.32 Å². The molecule has 1 aliphatic carbocycles. The molecule has 2 fully saturated rings. The molecule has 1 aromatic rings. The minimum Gasteiger partial charge on any atom is -0.354 e. The summed E-state index contributed by atoms with van der Waals surface area (Å²) in [4.78, 5) is 12.8. The summed E-state index contributed by atoms with van der Waals surface area (Å²) in [6, 6.07) is 3.20. The highest BCUT2D eigenvalue weighted by atomic mass is 32.2. The molecular formula is C18H26N2O3S. The van der Waals surface area contributed by atoms with Gasteiger partial charge in [0, 0.05) is 13.1 Å². The van der Waals surface area contributed by atoms with Crippen LogP contribution < -0.4 is 5.32 Å². The summed E-state index contributed by atoms with van der Waals surface area (Å²) in [6.45, 7) is 6.69. The second-order valence-corrected chi connectivity index (χ2v) is 9.02. The first-order chi connectivity index (χ1) is 11.3. The second-order valence-electron chi connectivity index (χ2n) is 7.19. The molecule has 0 aromatic heterocycles. The lowest BCUT2D eigenvalue weighted by atomic mass is 10.1. The van der Waals surface area contributed by atoms with Crippen LogP contribution in [0.25, 0.3) is 0 Å². The monoisotopic (exact) mass is 350 g/mol. The summed E-state index contributed by atoms with van der Waals surface area (Å²) < 4.78 is 27.8. The molecule has 1 heterocycles. The van der Waals surface area contributed by atoms with Crippen molar-refractivity contribution in [3.05, 3.63) is 28.8 Å². The Balaban J connectivity index is 1.86. The number of rotatable bonds is 5. The Morgan fingerprint density at radius 2 is 1.79 bits per heavy atom. The number of aryl methyl sites for hydroxylation is 3. The molecule has 1 saturated carbocycles. The molecule has 1 unspecified atom stereocenters. The molecule has 1 N–H and O–H groups in total. The number of hydrogen-bond donors (Lipinski definition) is 1. The molecular weight excluding hydrogens is 324 g/mol. The molecule has 3 rings (SSSR count). The predicted molar refractivity (Wildman–Crippen MR) is 93.3 cm³/mol. The third kappa shape index (κ3) is 3.35. The van der Waals surface area contributed by atoms with E-state index in [1.54, 1.807) is 0 Å². The predicted octanol–water partition coefficient (Wildman–Crippen LogP) is 2.29. The quantitative estimate of drug-likeness (QED) is 0.886. The van der Waals surface area contributed by atoms with Gasteiger partial charge in [-0.05, 0) is 63.5 Å². The zero-order valence-electron chi connectivity index (χ0n) is 14.6. The van der Waals surface area contributed by atoms with Crippen molar-refractivity contribution in [3.8, 4) is 0 Å². The first-order valence-corrected chi connectivity index (χ1v) is 10.1. The Morgan fingerprint density at radius 3 is 2.38 bits per heavy atom. The summed E-state index contributed by atoms with van der Waals surface area (Å²) in [5.74, 6) is 0.437. The van der Waals surface area contributed by atoms with Crippen LogP contribution in [0.1, 0.15) is 42.4 Å². The Bertz CT molecular complexity index is 731. The minimum absolute atomic E-state index is 0.148. The van der Waals surface area contributed by atoms with E-state index in [1.807, 2.05) is 32.9 Å². The normalized spacial score (nSPS) is 21.9. The Morgan fingerprint density at radius 1 is 1.17 bits per heavy atom. The highest BCUT2D eigenvalue weighted by molar-refractivity contribution is 7.89. The molecule has 132 valence electrons. The Hall–Kier alpha value is -1.40. The molecule has 1 saturated heterocycles. The van der Waals surface area contributed by atoms with Crippen LogP contribution in [0.15, 0.2) is 17.0 Å². The largest absolute Gasteiger partial charge is 0.354 e. The van der Waals surface area contributed by atoms with Gasteiger partial charge in [-0.1, -0.05) is 17.7 Å². The summed E-state index contributed by atoms with van der Waals surface area (Å²) in [5.41, 5.74) is 2.54. The van der Waals surface area contributed by atoms with Gasteiger partial charge in [0.15, 0.2) is 0 Å². The van der Waals surface area contributed by atoms with E-state index in [2.05, 4.69) is 5.32 Å². The Kier molecular flexibility index (Phi) is 4.71. The number of benzene rings is 1. The average molecular weight is 350 g/mol. The maximum absolute atomic E-state index is 13.2. The van der Waals surface area contributed by atoms with Crippen molar-refractivity contribution >= 4 is 15.9 Å². The van der Waals surface area contributed by atoms with Gasteiger partial charge in [0.2, 0.25) is 15.9 Å². The van der Waals surface area contributed by atoms with Crippen molar-refractivity contribution < 1.29 is 13.2 Å².